The Hall–Kier alpha value is -1.22. The normalized spacial score (nSPS) is 13.4. The van der Waals surface area contributed by atoms with Gasteiger partial charge in [0.05, 0.1) is 6.26 Å². The molecule has 1 aromatic rings. The fraction of sp³-hybridized carbons (Fsp3) is 0.300. The highest BCUT2D eigenvalue weighted by Gasteiger charge is 2.38. The summed E-state index contributed by atoms with van der Waals surface area (Å²) in [5.41, 5.74) is -1.67. The molecule has 1 aromatic carbocycles. The van der Waals surface area contributed by atoms with Crippen LogP contribution in [-0.4, -0.2) is 32.8 Å². The van der Waals surface area contributed by atoms with E-state index in [2.05, 4.69) is 9.44 Å². The molecule has 9 heteroatoms. The number of benzene rings is 1. The van der Waals surface area contributed by atoms with Gasteiger partial charge in [-0.15, -0.1) is 11.8 Å². The van der Waals surface area contributed by atoms with Crippen molar-refractivity contribution in [2.75, 3.05) is 12.5 Å². The molecule has 0 fully saturated rings. The molecular weight excluding hydrogens is 303 g/mol. The van der Waals surface area contributed by atoms with Crippen LogP contribution in [0.1, 0.15) is 5.56 Å². The van der Waals surface area contributed by atoms with Crippen LogP contribution in [0.5, 0.6) is 0 Å². The molecule has 0 aliphatic heterocycles. The van der Waals surface area contributed by atoms with E-state index in [1.165, 1.54) is 36.0 Å². The maximum absolute atomic E-state index is 12.8. The van der Waals surface area contributed by atoms with Gasteiger partial charge in [0.15, 0.2) is 5.71 Å². The standard InChI is InChI=1S/C10H10F3NO3S2/c1-18-8-5-3-7(4-6-8)9(10(11,12)13)14-17-19(2,15)16/h3-6H,1-2H3. The van der Waals surface area contributed by atoms with Gasteiger partial charge in [0.25, 0.3) is 0 Å². The van der Waals surface area contributed by atoms with Crippen molar-refractivity contribution < 1.29 is 25.9 Å². The van der Waals surface area contributed by atoms with Gasteiger partial charge in [0.2, 0.25) is 0 Å². The molecule has 0 saturated carbocycles. The number of hydrogen-bond donors (Lipinski definition) is 0. The summed E-state index contributed by atoms with van der Waals surface area (Å²) in [6.45, 7) is 0. The van der Waals surface area contributed by atoms with E-state index < -0.39 is 22.0 Å². The van der Waals surface area contributed by atoms with Crippen molar-refractivity contribution in [1.29, 1.82) is 0 Å². The summed E-state index contributed by atoms with van der Waals surface area (Å²) in [6.07, 6.45) is -2.42. The molecule has 0 aliphatic carbocycles. The van der Waals surface area contributed by atoms with Crippen LogP contribution in [0, 0.1) is 0 Å². The first-order chi connectivity index (χ1) is 8.63. The molecule has 19 heavy (non-hydrogen) atoms. The monoisotopic (exact) mass is 313 g/mol. The average molecular weight is 313 g/mol. The van der Waals surface area contributed by atoms with Crippen LogP contribution >= 0.6 is 11.8 Å². The van der Waals surface area contributed by atoms with Crippen molar-refractivity contribution in [3.05, 3.63) is 29.8 Å². The minimum atomic E-state index is -4.81. The molecule has 0 N–H and O–H groups in total. The quantitative estimate of drug-likeness (QED) is 0.487. The zero-order valence-corrected chi connectivity index (χ0v) is 11.6. The maximum atomic E-state index is 12.8. The van der Waals surface area contributed by atoms with E-state index in [9.17, 15) is 21.6 Å². The summed E-state index contributed by atoms with van der Waals surface area (Å²) in [6, 6.07) is 5.34. The fourth-order valence-corrected chi connectivity index (χ4v) is 1.74. The highest BCUT2D eigenvalue weighted by atomic mass is 32.2. The Morgan fingerprint density at radius 2 is 1.79 bits per heavy atom. The third-order valence-electron chi connectivity index (χ3n) is 1.90. The number of alkyl halides is 3. The average Bonchev–Trinajstić information content (AvgIpc) is 2.26. The molecule has 0 spiro atoms. The Kier molecular flexibility index (Phi) is 4.86. The van der Waals surface area contributed by atoms with Crippen molar-refractivity contribution in [1.82, 2.24) is 0 Å². The largest absolute Gasteiger partial charge is 0.437 e. The first-order valence-corrected chi connectivity index (χ1v) is 7.86. The Morgan fingerprint density at radius 3 is 2.16 bits per heavy atom. The molecule has 1 rings (SSSR count). The van der Waals surface area contributed by atoms with Gasteiger partial charge in [-0.1, -0.05) is 17.3 Å². The van der Waals surface area contributed by atoms with Gasteiger partial charge in [-0.25, -0.2) is 0 Å². The van der Waals surface area contributed by atoms with E-state index in [4.69, 9.17) is 0 Å². The lowest BCUT2D eigenvalue weighted by atomic mass is 10.1. The molecule has 0 unspecified atom stereocenters. The van der Waals surface area contributed by atoms with Crippen molar-refractivity contribution >= 4 is 27.6 Å². The molecule has 0 atom stereocenters. The summed E-state index contributed by atoms with van der Waals surface area (Å²) >= 11 is 1.37. The molecule has 0 heterocycles. The number of hydrogen-bond acceptors (Lipinski definition) is 5. The molecule has 0 saturated heterocycles. The van der Waals surface area contributed by atoms with Crippen LogP contribution in [0.25, 0.3) is 0 Å². The topological polar surface area (TPSA) is 55.7 Å². The first-order valence-electron chi connectivity index (χ1n) is 4.82. The smallest absolute Gasteiger partial charge is 0.268 e. The highest BCUT2D eigenvalue weighted by molar-refractivity contribution is 7.98. The van der Waals surface area contributed by atoms with Crippen LogP contribution in [0.4, 0.5) is 13.2 Å². The summed E-state index contributed by atoms with van der Waals surface area (Å²) < 4.78 is 63.5. The molecule has 4 nitrogen and oxygen atoms in total. The van der Waals surface area contributed by atoms with Crippen LogP contribution in [-0.2, 0) is 14.4 Å². The lowest BCUT2D eigenvalue weighted by Gasteiger charge is -2.10. The molecule has 0 bridgehead atoms. The molecule has 0 aromatic heterocycles. The third-order valence-corrected chi connectivity index (χ3v) is 2.98. The number of oxime groups is 1. The van der Waals surface area contributed by atoms with E-state index >= 15 is 0 Å². The number of halogens is 3. The van der Waals surface area contributed by atoms with E-state index in [0.717, 1.165) is 4.90 Å². The first kappa shape index (κ1) is 15.8. The maximum Gasteiger partial charge on any atom is 0.437 e. The third kappa shape index (κ3) is 5.11. The lowest BCUT2D eigenvalue weighted by molar-refractivity contribution is -0.0596. The van der Waals surface area contributed by atoms with Crippen molar-refractivity contribution in [2.45, 2.75) is 11.1 Å². The molecule has 106 valence electrons. The van der Waals surface area contributed by atoms with Gasteiger partial charge < -0.3 is 0 Å². The Morgan fingerprint density at radius 1 is 1.26 bits per heavy atom. The summed E-state index contributed by atoms with van der Waals surface area (Å²) in [7, 11) is -4.09. The Labute approximate surface area is 112 Å². The minimum absolute atomic E-state index is 0.269. The second kappa shape index (κ2) is 5.83. The van der Waals surface area contributed by atoms with Crippen LogP contribution in [0.15, 0.2) is 34.3 Å². The van der Waals surface area contributed by atoms with E-state index in [-0.39, 0.29) is 5.56 Å². The molecule has 0 amide bonds. The lowest BCUT2D eigenvalue weighted by Crippen LogP contribution is -2.24. The second-order valence-corrected chi connectivity index (χ2v) is 5.88. The van der Waals surface area contributed by atoms with Crippen LogP contribution in [0.3, 0.4) is 0 Å². The van der Waals surface area contributed by atoms with Gasteiger partial charge in [0.1, 0.15) is 0 Å². The zero-order chi connectivity index (χ0) is 14.7. The van der Waals surface area contributed by atoms with Crippen molar-refractivity contribution in [2.24, 2.45) is 5.16 Å². The number of rotatable bonds is 4. The highest BCUT2D eigenvalue weighted by Crippen LogP contribution is 2.24. The number of thioether (sulfide) groups is 1. The number of nitrogens with zero attached hydrogens (tertiary/aromatic N) is 1. The predicted octanol–water partition coefficient (Wildman–Crippen LogP) is 2.65. The Balaban J connectivity index is 3.17. The summed E-state index contributed by atoms with van der Waals surface area (Å²) in [5, 5.41) is 2.69. The van der Waals surface area contributed by atoms with E-state index in [0.29, 0.717) is 6.26 Å². The van der Waals surface area contributed by atoms with E-state index in [1.54, 1.807) is 6.26 Å². The molecule has 0 radical (unpaired) electrons. The summed E-state index contributed by atoms with van der Waals surface area (Å²) in [5.74, 6) is 0. The zero-order valence-electron chi connectivity index (χ0n) is 9.93. The summed E-state index contributed by atoms with van der Waals surface area (Å²) in [4.78, 5) is 0.773. The Bertz CT molecular complexity index is 565. The van der Waals surface area contributed by atoms with Crippen LogP contribution in [0.2, 0.25) is 0 Å². The molecule has 0 aliphatic rings. The second-order valence-electron chi connectivity index (χ2n) is 3.44. The predicted molar refractivity (Wildman–Crippen MR) is 66.7 cm³/mol. The van der Waals surface area contributed by atoms with Gasteiger partial charge in [-0.2, -0.15) is 21.6 Å². The van der Waals surface area contributed by atoms with Crippen molar-refractivity contribution in [3.8, 4) is 0 Å². The van der Waals surface area contributed by atoms with Crippen LogP contribution < -0.4 is 0 Å². The fourth-order valence-electron chi connectivity index (χ4n) is 1.12. The SMILES string of the molecule is CSc1ccc(C(=NOS(C)(=O)=O)C(F)(F)F)cc1. The van der Waals surface area contributed by atoms with Gasteiger partial charge in [0, 0.05) is 10.5 Å². The van der Waals surface area contributed by atoms with Crippen molar-refractivity contribution in [3.63, 3.8) is 0 Å². The van der Waals surface area contributed by atoms with Gasteiger partial charge in [-0.3, -0.25) is 4.28 Å². The van der Waals surface area contributed by atoms with Gasteiger partial charge in [-0.05, 0) is 18.4 Å². The minimum Gasteiger partial charge on any atom is -0.268 e. The molecular formula is C10H10F3NO3S2. The van der Waals surface area contributed by atoms with E-state index in [1.807, 2.05) is 0 Å². The van der Waals surface area contributed by atoms with Gasteiger partial charge >= 0.3 is 16.3 Å².